The number of halogens is 1. The lowest BCUT2D eigenvalue weighted by molar-refractivity contribution is 0.102. The van der Waals surface area contributed by atoms with Crippen LogP contribution < -0.4 is 10.2 Å². The van der Waals surface area contributed by atoms with Crippen molar-refractivity contribution in [2.45, 2.75) is 13.8 Å². The summed E-state index contributed by atoms with van der Waals surface area (Å²) in [5.41, 5.74) is 5.14. The zero-order valence-electron chi connectivity index (χ0n) is 17.7. The summed E-state index contributed by atoms with van der Waals surface area (Å²) in [7, 11) is 2.14. The fourth-order valence-electron chi connectivity index (χ4n) is 4.00. The molecule has 0 saturated carbocycles. The normalized spacial score (nSPS) is 14.7. The Kier molecular flexibility index (Phi) is 5.59. The molecular weight excluding hydrogens is 379 g/mol. The molecular formula is C24H27FN4O. The van der Waals surface area contributed by atoms with Crippen LogP contribution in [0.2, 0.25) is 0 Å². The van der Waals surface area contributed by atoms with E-state index < -0.39 is 0 Å². The fourth-order valence-corrected chi connectivity index (χ4v) is 4.00. The van der Waals surface area contributed by atoms with Crippen molar-refractivity contribution in [2.24, 2.45) is 0 Å². The first kappa shape index (κ1) is 20.2. The maximum absolute atomic E-state index is 13.3. The van der Waals surface area contributed by atoms with Gasteiger partial charge in [-0.3, -0.25) is 4.79 Å². The minimum absolute atomic E-state index is 0.149. The average Bonchev–Trinajstić information content (AvgIpc) is 3.04. The highest BCUT2D eigenvalue weighted by atomic mass is 19.1. The van der Waals surface area contributed by atoms with E-state index >= 15 is 0 Å². The van der Waals surface area contributed by atoms with Crippen molar-refractivity contribution in [3.05, 3.63) is 77.4 Å². The third-order valence-corrected chi connectivity index (χ3v) is 5.75. The van der Waals surface area contributed by atoms with Crippen LogP contribution in [0.1, 0.15) is 21.7 Å². The summed E-state index contributed by atoms with van der Waals surface area (Å²) < 4.78 is 15.2. The van der Waals surface area contributed by atoms with Gasteiger partial charge in [0.05, 0.1) is 5.56 Å². The number of likely N-dealkylation sites (N-methyl/N-ethyl adjacent to an activating group) is 1. The molecule has 1 amide bonds. The first-order valence-corrected chi connectivity index (χ1v) is 10.2. The standard InChI is InChI=1S/C24H27FN4O/c1-17-16-23(18(2)29(17)22-8-4-19(25)5-9-22)24(30)26-20-6-10-21(11-7-20)28-14-12-27(3)13-15-28/h4-11,16H,12-15H2,1-3H3,(H,26,30). The molecule has 156 valence electrons. The number of rotatable bonds is 4. The third-order valence-electron chi connectivity index (χ3n) is 5.75. The maximum Gasteiger partial charge on any atom is 0.257 e. The number of carbonyl (C=O) groups excluding carboxylic acids is 1. The molecule has 5 nitrogen and oxygen atoms in total. The largest absolute Gasteiger partial charge is 0.369 e. The molecule has 0 atom stereocenters. The van der Waals surface area contributed by atoms with E-state index in [1.165, 1.54) is 17.8 Å². The number of anilines is 2. The molecule has 30 heavy (non-hydrogen) atoms. The van der Waals surface area contributed by atoms with Crippen molar-refractivity contribution >= 4 is 17.3 Å². The van der Waals surface area contributed by atoms with E-state index in [9.17, 15) is 9.18 Å². The summed E-state index contributed by atoms with van der Waals surface area (Å²) in [5.74, 6) is -0.428. The SMILES string of the molecule is Cc1cc(C(=O)Nc2ccc(N3CCN(C)CC3)cc2)c(C)n1-c1ccc(F)cc1. The van der Waals surface area contributed by atoms with E-state index in [0.29, 0.717) is 5.56 Å². The van der Waals surface area contributed by atoms with Gasteiger partial charge in [-0.25, -0.2) is 4.39 Å². The number of benzene rings is 2. The van der Waals surface area contributed by atoms with Gasteiger partial charge >= 0.3 is 0 Å². The minimum atomic E-state index is -0.279. The average molecular weight is 407 g/mol. The van der Waals surface area contributed by atoms with Gasteiger partial charge in [-0.2, -0.15) is 0 Å². The summed E-state index contributed by atoms with van der Waals surface area (Å²) in [5, 5.41) is 3.00. The second-order valence-corrected chi connectivity index (χ2v) is 7.89. The Hall–Kier alpha value is -3.12. The first-order chi connectivity index (χ1) is 14.4. The molecule has 2 aromatic carbocycles. The van der Waals surface area contributed by atoms with Gasteiger partial charge in [-0.15, -0.1) is 0 Å². The number of hydrogen-bond acceptors (Lipinski definition) is 3. The molecule has 1 N–H and O–H groups in total. The summed E-state index contributed by atoms with van der Waals surface area (Å²) in [6.45, 7) is 7.99. The third kappa shape index (κ3) is 4.09. The molecule has 1 aromatic heterocycles. The molecule has 1 aliphatic rings. The lowest BCUT2D eigenvalue weighted by Gasteiger charge is -2.34. The van der Waals surface area contributed by atoms with Gasteiger partial charge in [0.1, 0.15) is 5.82 Å². The first-order valence-electron chi connectivity index (χ1n) is 10.2. The zero-order chi connectivity index (χ0) is 21.3. The molecule has 1 saturated heterocycles. The van der Waals surface area contributed by atoms with E-state index in [4.69, 9.17) is 0 Å². The maximum atomic E-state index is 13.3. The van der Waals surface area contributed by atoms with Gasteiger partial charge in [-0.1, -0.05) is 0 Å². The van der Waals surface area contributed by atoms with Gasteiger partial charge in [0, 0.05) is 54.6 Å². The number of carbonyl (C=O) groups is 1. The molecule has 0 radical (unpaired) electrons. The minimum Gasteiger partial charge on any atom is -0.369 e. The predicted octanol–water partition coefficient (Wildman–Crippen LogP) is 4.24. The van der Waals surface area contributed by atoms with E-state index in [0.717, 1.165) is 48.9 Å². The smallest absolute Gasteiger partial charge is 0.257 e. The molecule has 0 unspecified atom stereocenters. The van der Waals surface area contributed by atoms with E-state index in [1.807, 2.05) is 36.6 Å². The highest BCUT2D eigenvalue weighted by Crippen LogP contribution is 2.23. The summed E-state index contributed by atoms with van der Waals surface area (Å²) in [4.78, 5) is 17.6. The monoisotopic (exact) mass is 406 g/mol. The van der Waals surface area contributed by atoms with E-state index in [2.05, 4.69) is 34.3 Å². The lowest BCUT2D eigenvalue weighted by Crippen LogP contribution is -2.44. The van der Waals surface area contributed by atoms with Crippen molar-refractivity contribution in [2.75, 3.05) is 43.4 Å². The Morgan fingerprint density at radius 1 is 0.900 bits per heavy atom. The van der Waals surface area contributed by atoms with Gasteiger partial charge < -0.3 is 19.7 Å². The van der Waals surface area contributed by atoms with Gasteiger partial charge in [0.2, 0.25) is 0 Å². The van der Waals surface area contributed by atoms with Gasteiger partial charge in [-0.05, 0) is 75.5 Å². The molecule has 4 rings (SSSR count). The highest BCUT2D eigenvalue weighted by Gasteiger charge is 2.18. The molecule has 2 heterocycles. The van der Waals surface area contributed by atoms with Crippen LogP contribution >= 0.6 is 0 Å². The number of amides is 1. The zero-order valence-corrected chi connectivity index (χ0v) is 17.7. The fraction of sp³-hybridized carbons (Fsp3) is 0.292. The van der Waals surface area contributed by atoms with Crippen molar-refractivity contribution in [3.63, 3.8) is 0 Å². The Balaban J connectivity index is 1.49. The highest BCUT2D eigenvalue weighted by molar-refractivity contribution is 6.05. The lowest BCUT2D eigenvalue weighted by atomic mass is 10.2. The van der Waals surface area contributed by atoms with Crippen LogP contribution in [0.25, 0.3) is 5.69 Å². The van der Waals surface area contributed by atoms with Crippen LogP contribution in [0.4, 0.5) is 15.8 Å². The Labute approximate surface area is 176 Å². The summed E-state index contributed by atoms with van der Waals surface area (Å²) in [6, 6.07) is 16.2. The van der Waals surface area contributed by atoms with Crippen molar-refractivity contribution < 1.29 is 9.18 Å². The number of nitrogens with zero attached hydrogens (tertiary/aromatic N) is 3. The van der Waals surface area contributed by atoms with Gasteiger partial charge in [0.15, 0.2) is 0 Å². The number of aryl methyl sites for hydroxylation is 1. The number of aromatic nitrogens is 1. The van der Waals surface area contributed by atoms with Crippen molar-refractivity contribution in [3.8, 4) is 5.69 Å². The molecule has 6 heteroatoms. The van der Waals surface area contributed by atoms with E-state index in [1.54, 1.807) is 12.1 Å². The van der Waals surface area contributed by atoms with E-state index in [-0.39, 0.29) is 11.7 Å². The Morgan fingerprint density at radius 3 is 2.13 bits per heavy atom. The molecule has 0 aliphatic carbocycles. The molecule has 1 fully saturated rings. The number of piperazine rings is 1. The number of hydrogen-bond donors (Lipinski definition) is 1. The Morgan fingerprint density at radius 2 is 1.50 bits per heavy atom. The molecule has 3 aromatic rings. The predicted molar refractivity (Wildman–Crippen MR) is 119 cm³/mol. The van der Waals surface area contributed by atoms with Crippen LogP contribution in [0.3, 0.4) is 0 Å². The van der Waals surface area contributed by atoms with Crippen LogP contribution in [-0.4, -0.2) is 48.6 Å². The summed E-state index contributed by atoms with van der Waals surface area (Å²) in [6.07, 6.45) is 0. The molecule has 0 spiro atoms. The second-order valence-electron chi connectivity index (χ2n) is 7.89. The van der Waals surface area contributed by atoms with Crippen LogP contribution in [0.5, 0.6) is 0 Å². The number of nitrogens with one attached hydrogen (secondary N) is 1. The topological polar surface area (TPSA) is 40.5 Å². The molecule has 0 bridgehead atoms. The Bertz CT molecular complexity index is 1030. The molecule has 1 aliphatic heterocycles. The second kappa shape index (κ2) is 8.32. The summed E-state index contributed by atoms with van der Waals surface area (Å²) >= 11 is 0. The quantitative estimate of drug-likeness (QED) is 0.705. The van der Waals surface area contributed by atoms with Crippen molar-refractivity contribution in [1.29, 1.82) is 0 Å². The van der Waals surface area contributed by atoms with Crippen molar-refractivity contribution in [1.82, 2.24) is 9.47 Å². The van der Waals surface area contributed by atoms with Gasteiger partial charge in [0.25, 0.3) is 5.91 Å². The van der Waals surface area contributed by atoms with Crippen LogP contribution in [0, 0.1) is 19.7 Å². The van der Waals surface area contributed by atoms with Crippen LogP contribution in [-0.2, 0) is 0 Å². The van der Waals surface area contributed by atoms with Crippen LogP contribution in [0.15, 0.2) is 54.6 Å².